The van der Waals surface area contributed by atoms with Gasteiger partial charge in [-0.25, -0.2) is 9.18 Å². The Labute approximate surface area is 92.7 Å². The summed E-state index contributed by atoms with van der Waals surface area (Å²) in [6, 6.07) is 2.96. The molecular formula is C8H6FIO2S. The minimum Gasteiger partial charge on any atom is -0.478 e. The Kier molecular flexibility index (Phi) is 3.55. The Morgan fingerprint density at radius 1 is 1.62 bits per heavy atom. The third-order valence-electron chi connectivity index (χ3n) is 1.47. The van der Waals surface area contributed by atoms with E-state index in [1.807, 2.05) is 6.26 Å². The summed E-state index contributed by atoms with van der Waals surface area (Å²) >= 11 is 3.17. The lowest BCUT2D eigenvalue weighted by atomic mass is 10.2. The van der Waals surface area contributed by atoms with E-state index in [4.69, 9.17) is 5.11 Å². The number of benzene rings is 1. The second-order valence-corrected chi connectivity index (χ2v) is 4.32. The summed E-state index contributed by atoms with van der Waals surface area (Å²) in [5.41, 5.74) is -0.267. The van der Waals surface area contributed by atoms with Gasteiger partial charge in [-0.3, -0.25) is 0 Å². The average molecular weight is 312 g/mol. The van der Waals surface area contributed by atoms with Gasteiger partial charge in [-0.2, -0.15) is 0 Å². The second kappa shape index (κ2) is 4.28. The molecule has 0 heterocycles. The molecule has 1 aromatic carbocycles. The van der Waals surface area contributed by atoms with Crippen LogP contribution in [0.15, 0.2) is 17.0 Å². The monoisotopic (exact) mass is 312 g/mol. The van der Waals surface area contributed by atoms with E-state index >= 15 is 0 Å². The molecule has 0 unspecified atom stereocenters. The van der Waals surface area contributed by atoms with E-state index in [1.54, 1.807) is 28.7 Å². The van der Waals surface area contributed by atoms with Crippen LogP contribution in [0.1, 0.15) is 10.4 Å². The summed E-state index contributed by atoms with van der Waals surface area (Å²) in [5.74, 6) is -1.89. The molecule has 0 radical (unpaired) electrons. The fourth-order valence-electron chi connectivity index (χ4n) is 0.838. The number of hydrogen-bond acceptors (Lipinski definition) is 2. The second-order valence-electron chi connectivity index (χ2n) is 2.28. The normalized spacial score (nSPS) is 10.1. The van der Waals surface area contributed by atoms with Crippen molar-refractivity contribution >= 4 is 40.3 Å². The first kappa shape index (κ1) is 10.8. The molecule has 1 rings (SSSR count). The molecule has 0 aromatic heterocycles. The van der Waals surface area contributed by atoms with Crippen molar-refractivity contribution in [1.82, 2.24) is 0 Å². The zero-order chi connectivity index (χ0) is 10.0. The fraction of sp³-hybridized carbons (Fsp3) is 0.125. The first-order valence-electron chi connectivity index (χ1n) is 3.32. The Morgan fingerprint density at radius 2 is 2.23 bits per heavy atom. The van der Waals surface area contributed by atoms with Crippen molar-refractivity contribution in [3.05, 3.63) is 27.1 Å². The third kappa shape index (κ3) is 2.34. The van der Waals surface area contributed by atoms with E-state index in [9.17, 15) is 9.18 Å². The summed E-state index contributed by atoms with van der Waals surface area (Å²) in [7, 11) is 0. The largest absolute Gasteiger partial charge is 0.478 e. The van der Waals surface area contributed by atoms with Crippen LogP contribution in [0.5, 0.6) is 0 Å². The molecule has 0 atom stereocenters. The maximum Gasteiger partial charge on any atom is 0.338 e. The number of halogens is 2. The van der Waals surface area contributed by atoms with E-state index in [0.717, 1.165) is 4.90 Å². The first-order valence-corrected chi connectivity index (χ1v) is 5.63. The molecule has 0 aliphatic heterocycles. The van der Waals surface area contributed by atoms with Crippen molar-refractivity contribution in [3.8, 4) is 0 Å². The highest BCUT2D eigenvalue weighted by molar-refractivity contribution is 14.1. The maximum atomic E-state index is 13.2. The Bertz CT molecular complexity index is 354. The van der Waals surface area contributed by atoms with Gasteiger partial charge in [0, 0.05) is 4.90 Å². The van der Waals surface area contributed by atoms with Crippen molar-refractivity contribution in [1.29, 1.82) is 0 Å². The Balaban J connectivity index is 3.33. The van der Waals surface area contributed by atoms with E-state index in [2.05, 4.69) is 0 Å². The molecule has 0 amide bonds. The number of aromatic carboxylic acids is 1. The van der Waals surface area contributed by atoms with E-state index in [-0.39, 0.29) is 5.56 Å². The lowest BCUT2D eigenvalue weighted by Gasteiger charge is -2.02. The topological polar surface area (TPSA) is 37.3 Å². The van der Waals surface area contributed by atoms with Gasteiger partial charge in [-0.1, -0.05) is 0 Å². The summed E-state index contributed by atoms with van der Waals surface area (Å²) in [6.45, 7) is 0. The molecule has 0 saturated carbocycles. The predicted octanol–water partition coefficient (Wildman–Crippen LogP) is 2.85. The highest BCUT2D eigenvalue weighted by Gasteiger charge is 2.14. The van der Waals surface area contributed by atoms with Gasteiger partial charge in [0.25, 0.3) is 0 Å². The highest BCUT2D eigenvalue weighted by atomic mass is 127. The molecular weight excluding hydrogens is 306 g/mol. The number of carboxylic acid groups (broad SMARTS) is 1. The standard InChI is InChI=1S/C8H6FIO2S/c1-13-4-2-5(8(11)12)7(9)6(10)3-4/h2-3H,1H3,(H,11,12). The van der Waals surface area contributed by atoms with Crippen LogP contribution in [0.3, 0.4) is 0 Å². The van der Waals surface area contributed by atoms with Gasteiger partial charge in [0.1, 0.15) is 0 Å². The van der Waals surface area contributed by atoms with Gasteiger partial charge in [-0.05, 0) is 41.0 Å². The lowest BCUT2D eigenvalue weighted by Crippen LogP contribution is -2.02. The molecule has 1 aromatic rings. The van der Waals surface area contributed by atoms with Crippen molar-refractivity contribution in [2.75, 3.05) is 6.26 Å². The van der Waals surface area contributed by atoms with Crippen molar-refractivity contribution in [2.45, 2.75) is 4.90 Å². The highest BCUT2D eigenvalue weighted by Crippen LogP contribution is 2.23. The van der Waals surface area contributed by atoms with Crippen LogP contribution in [-0.4, -0.2) is 17.3 Å². The maximum absolute atomic E-state index is 13.2. The molecule has 0 bridgehead atoms. The fourth-order valence-corrected chi connectivity index (χ4v) is 2.15. The molecule has 70 valence electrons. The van der Waals surface area contributed by atoms with Crippen LogP contribution in [-0.2, 0) is 0 Å². The molecule has 0 aliphatic rings. The van der Waals surface area contributed by atoms with Crippen LogP contribution in [0, 0.1) is 9.39 Å². The van der Waals surface area contributed by atoms with Crippen molar-refractivity contribution in [2.24, 2.45) is 0 Å². The molecule has 2 nitrogen and oxygen atoms in total. The summed E-state index contributed by atoms with van der Waals surface area (Å²) < 4.78 is 13.5. The van der Waals surface area contributed by atoms with Crippen LogP contribution in [0.25, 0.3) is 0 Å². The quantitative estimate of drug-likeness (QED) is 0.674. The summed E-state index contributed by atoms with van der Waals surface area (Å²) in [5, 5.41) is 8.66. The Morgan fingerprint density at radius 3 is 2.69 bits per heavy atom. The molecule has 0 spiro atoms. The number of carboxylic acids is 1. The smallest absolute Gasteiger partial charge is 0.338 e. The number of carbonyl (C=O) groups is 1. The SMILES string of the molecule is CSc1cc(I)c(F)c(C(=O)O)c1. The predicted molar refractivity (Wildman–Crippen MR) is 57.9 cm³/mol. The van der Waals surface area contributed by atoms with Crippen molar-refractivity contribution < 1.29 is 14.3 Å². The Hall–Kier alpha value is -0.300. The third-order valence-corrected chi connectivity index (χ3v) is 2.96. The lowest BCUT2D eigenvalue weighted by molar-refractivity contribution is 0.0691. The van der Waals surface area contributed by atoms with Crippen LogP contribution in [0.2, 0.25) is 0 Å². The molecule has 5 heteroatoms. The molecule has 0 fully saturated rings. The minimum absolute atomic E-state index is 0.267. The minimum atomic E-state index is -1.23. The molecule has 0 aliphatic carbocycles. The zero-order valence-corrected chi connectivity index (χ0v) is 9.65. The number of hydrogen-bond donors (Lipinski definition) is 1. The molecule has 13 heavy (non-hydrogen) atoms. The van der Waals surface area contributed by atoms with E-state index < -0.39 is 11.8 Å². The van der Waals surface area contributed by atoms with Crippen LogP contribution in [0.4, 0.5) is 4.39 Å². The van der Waals surface area contributed by atoms with Crippen molar-refractivity contribution in [3.63, 3.8) is 0 Å². The van der Waals surface area contributed by atoms with Gasteiger partial charge in [0.2, 0.25) is 0 Å². The van der Waals surface area contributed by atoms with Gasteiger partial charge < -0.3 is 5.11 Å². The van der Waals surface area contributed by atoms with Gasteiger partial charge in [0.05, 0.1) is 9.13 Å². The number of thioether (sulfide) groups is 1. The van der Waals surface area contributed by atoms with Crippen LogP contribution >= 0.6 is 34.4 Å². The van der Waals surface area contributed by atoms with Gasteiger partial charge in [0.15, 0.2) is 5.82 Å². The average Bonchev–Trinajstić information content (AvgIpc) is 2.09. The summed E-state index contributed by atoms with van der Waals surface area (Å²) in [6.07, 6.45) is 1.81. The first-order chi connectivity index (χ1) is 6.06. The van der Waals surface area contributed by atoms with E-state index in [1.165, 1.54) is 17.8 Å². The van der Waals surface area contributed by atoms with Crippen LogP contribution < -0.4 is 0 Å². The molecule has 1 N–H and O–H groups in total. The van der Waals surface area contributed by atoms with Gasteiger partial charge >= 0.3 is 5.97 Å². The number of rotatable bonds is 2. The summed E-state index contributed by atoms with van der Waals surface area (Å²) in [4.78, 5) is 11.3. The van der Waals surface area contributed by atoms with Gasteiger partial charge in [-0.15, -0.1) is 11.8 Å². The zero-order valence-electron chi connectivity index (χ0n) is 6.67. The van der Waals surface area contributed by atoms with E-state index in [0.29, 0.717) is 3.57 Å². The molecule has 0 saturated heterocycles.